The fraction of sp³-hybridized carbons (Fsp3) is 0.750. The van der Waals surface area contributed by atoms with Gasteiger partial charge in [0.1, 0.15) is 11.3 Å². The number of hydrogen-bond donors (Lipinski definition) is 2. The molecular weight excluding hydrogens is 248 g/mol. The number of carbonyl (C=O) groups is 1. The second-order valence-electron chi connectivity index (χ2n) is 5.70. The summed E-state index contributed by atoms with van der Waals surface area (Å²) in [7, 11) is 0. The first-order chi connectivity index (χ1) is 8.89. The molecule has 1 aliphatic rings. The molecule has 1 aromatic rings. The maximum atomic E-state index is 11.7. The lowest BCUT2D eigenvalue weighted by Crippen LogP contribution is -2.43. The van der Waals surface area contributed by atoms with Gasteiger partial charge in [-0.05, 0) is 33.6 Å². The summed E-state index contributed by atoms with van der Waals surface area (Å²) in [6, 6.07) is -0.0180. The number of fused-ring (bicyclic) bond motifs is 1. The lowest BCUT2D eigenvalue weighted by molar-refractivity contribution is 0.0491. The van der Waals surface area contributed by atoms with Crippen LogP contribution in [0.1, 0.15) is 38.6 Å². The molecule has 0 aliphatic carbocycles. The molecule has 1 amide bonds. The van der Waals surface area contributed by atoms with Gasteiger partial charge in [-0.1, -0.05) is 5.21 Å². The summed E-state index contributed by atoms with van der Waals surface area (Å²) >= 11 is 0. The molecule has 2 heterocycles. The molecule has 0 aromatic carbocycles. The number of nitrogens with zero attached hydrogens (tertiary/aromatic N) is 3. The number of aliphatic hydroxyl groups excluding tert-OH is 1. The Bertz CT molecular complexity index is 464. The Morgan fingerprint density at radius 1 is 1.58 bits per heavy atom. The fourth-order valence-corrected chi connectivity index (χ4v) is 2.11. The number of ether oxygens (including phenoxy) is 1. The highest BCUT2D eigenvalue weighted by Crippen LogP contribution is 2.17. The SMILES string of the molecule is CC(C)(C)OC(=O)N[C@@H]1CCc2c(CO)nnn2C1. The lowest BCUT2D eigenvalue weighted by atomic mass is 10.0. The Balaban J connectivity index is 1.93. The zero-order chi connectivity index (χ0) is 14.0. The highest BCUT2D eigenvalue weighted by atomic mass is 16.6. The van der Waals surface area contributed by atoms with Crippen LogP contribution in [-0.2, 0) is 24.3 Å². The summed E-state index contributed by atoms with van der Waals surface area (Å²) in [5.74, 6) is 0. The molecule has 1 aromatic heterocycles. The molecule has 2 N–H and O–H groups in total. The van der Waals surface area contributed by atoms with Crippen LogP contribution in [0.25, 0.3) is 0 Å². The van der Waals surface area contributed by atoms with E-state index in [2.05, 4.69) is 15.6 Å². The van der Waals surface area contributed by atoms with Crippen molar-refractivity contribution in [1.82, 2.24) is 20.3 Å². The molecule has 0 saturated heterocycles. The summed E-state index contributed by atoms with van der Waals surface area (Å²) in [6.07, 6.45) is 1.12. The number of hydrogen-bond acceptors (Lipinski definition) is 5. The van der Waals surface area contributed by atoms with E-state index in [0.717, 1.165) is 18.5 Å². The van der Waals surface area contributed by atoms with Crippen LogP contribution in [0.15, 0.2) is 0 Å². The monoisotopic (exact) mass is 268 g/mol. The van der Waals surface area contributed by atoms with Gasteiger partial charge < -0.3 is 15.2 Å². The van der Waals surface area contributed by atoms with Crippen LogP contribution in [0.3, 0.4) is 0 Å². The van der Waals surface area contributed by atoms with Crippen molar-refractivity contribution in [2.45, 2.75) is 58.4 Å². The second kappa shape index (κ2) is 5.16. The van der Waals surface area contributed by atoms with E-state index in [9.17, 15) is 4.79 Å². The minimum Gasteiger partial charge on any atom is -0.444 e. The van der Waals surface area contributed by atoms with Gasteiger partial charge in [-0.25, -0.2) is 9.48 Å². The second-order valence-corrected chi connectivity index (χ2v) is 5.70. The lowest BCUT2D eigenvalue weighted by Gasteiger charge is -2.26. The van der Waals surface area contributed by atoms with E-state index in [0.29, 0.717) is 12.2 Å². The topological polar surface area (TPSA) is 89.3 Å². The molecule has 7 nitrogen and oxygen atoms in total. The Labute approximate surface area is 111 Å². The van der Waals surface area contributed by atoms with E-state index < -0.39 is 11.7 Å². The van der Waals surface area contributed by atoms with Crippen LogP contribution in [-0.4, -0.2) is 37.8 Å². The molecule has 1 aliphatic heterocycles. The Morgan fingerprint density at radius 3 is 2.95 bits per heavy atom. The number of nitrogens with one attached hydrogen (secondary N) is 1. The van der Waals surface area contributed by atoms with Gasteiger partial charge in [-0.15, -0.1) is 5.10 Å². The normalized spacial score (nSPS) is 18.8. The molecule has 19 heavy (non-hydrogen) atoms. The molecule has 7 heteroatoms. The maximum absolute atomic E-state index is 11.7. The van der Waals surface area contributed by atoms with Crippen molar-refractivity contribution in [2.75, 3.05) is 0 Å². The van der Waals surface area contributed by atoms with Crippen molar-refractivity contribution in [2.24, 2.45) is 0 Å². The van der Waals surface area contributed by atoms with Crippen LogP contribution in [0.2, 0.25) is 0 Å². The molecular formula is C12H20N4O3. The molecule has 0 radical (unpaired) electrons. The van der Waals surface area contributed by atoms with Gasteiger partial charge in [0, 0.05) is 0 Å². The number of amides is 1. The summed E-state index contributed by atoms with van der Waals surface area (Å²) < 4.78 is 6.95. The van der Waals surface area contributed by atoms with Crippen LogP contribution in [0.4, 0.5) is 4.79 Å². The molecule has 0 saturated carbocycles. The average molecular weight is 268 g/mol. The average Bonchev–Trinajstić information content (AvgIpc) is 2.68. The number of carbonyl (C=O) groups excluding carboxylic acids is 1. The van der Waals surface area contributed by atoms with Crippen molar-refractivity contribution in [1.29, 1.82) is 0 Å². The van der Waals surface area contributed by atoms with Crippen LogP contribution in [0, 0.1) is 0 Å². The van der Waals surface area contributed by atoms with Crippen molar-refractivity contribution in [3.05, 3.63) is 11.4 Å². The van der Waals surface area contributed by atoms with Gasteiger partial charge in [0.05, 0.1) is 24.9 Å². The van der Waals surface area contributed by atoms with Crippen molar-refractivity contribution < 1.29 is 14.6 Å². The third-order valence-corrected chi connectivity index (χ3v) is 2.91. The number of aromatic nitrogens is 3. The standard InChI is InChI=1S/C12H20N4O3/c1-12(2,3)19-11(18)13-8-4-5-10-9(7-17)14-15-16(10)6-8/h8,17H,4-7H2,1-3H3,(H,13,18)/t8-/m1/s1. The maximum Gasteiger partial charge on any atom is 0.407 e. The Morgan fingerprint density at radius 2 is 2.32 bits per heavy atom. The summed E-state index contributed by atoms with van der Waals surface area (Å²) in [5, 5.41) is 19.8. The smallest absolute Gasteiger partial charge is 0.407 e. The first-order valence-electron chi connectivity index (χ1n) is 6.40. The molecule has 0 spiro atoms. The minimum atomic E-state index is -0.499. The Hall–Kier alpha value is -1.63. The third-order valence-electron chi connectivity index (χ3n) is 2.91. The highest BCUT2D eigenvalue weighted by molar-refractivity contribution is 5.68. The minimum absolute atomic E-state index is 0.0180. The third kappa shape index (κ3) is 3.44. The first kappa shape index (κ1) is 13.8. The van der Waals surface area contributed by atoms with Crippen LogP contribution < -0.4 is 5.32 Å². The summed E-state index contributed by atoms with van der Waals surface area (Å²) in [5.41, 5.74) is 1.07. The predicted octanol–water partition coefficient (Wildman–Crippen LogP) is 0.610. The zero-order valence-corrected chi connectivity index (χ0v) is 11.5. The molecule has 1 atom stereocenters. The molecule has 106 valence electrons. The Kier molecular flexibility index (Phi) is 3.75. The van der Waals surface area contributed by atoms with Crippen molar-refractivity contribution in [3.63, 3.8) is 0 Å². The van der Waals surface area contributed by atoms with Gasteiger partial charge >= 0.3 is 6.09 Å². The van der Waals surface area contributed by atoms with Gasteiger partial charge in [0.25, 0.3) is 0 Å². The molecule has 0 bridgehead atoms. The largest absolute Gasteiger partial charge is 0.444 e. The van der Waals surface area contributed by atoms with E-state index in [-0.39, 0.29) is 12.6 Å². The predicted molar refractivity (Wildman–Crippen MR) is 67.4 cm³/mol. The van der Waals surface area contributed by atoms with Gasteiger partial charge in [0.2, 0.25) is 0 Å². The van der Waals surface area contributed by atoms with E-state index >= 15 is 0 Å². The van der Waals surface area contributed by atoms with Crippen molar-refractivity contribution in [3.8, 4) is 0 Å². The zero-order valence-electron chi connectivity index (χ0n) is 11.5. The van der Waals surface area contributed by atoms with Crippen LogP contribution >= 0.6 is 0 Å². The highest BCUT2D eigenvalue weighted by Gasteiger charge is 2.25. The van der Waals surface area contributed by atoms with Crippen LogP contribution in [0.5, 0.6) is 0 Å². The number of aliphatic hydroxyl groups is 1. The van der Waals surface area contributed by atoms with E-state index in [1.807, 2.05) is 20.8 Å². The fourth-order valence-electron chi connectivity index (χ4n) is 2.11. The number of alkyl carbamates (subject to hydrolysis) is 1. The van der Waals surface area contributed by atoms with E-state index in [1.54, 1.807) is 4.68 Å². The van der Waals surface area contributed by atoms with Gasteiger partial charge in [0.15, 0.2) is 0 Å². The summed E-state index contributed by atoms with van der Waals surface area (Å²) in [4.78, 5) is 11.7. The van der Waals surface area contributed by atoms with Gasteiger partial charge in [-0.2, -0.15) is 0 Å². The van der Waals surface area contributed by atoms with Gasteiger partial charge in [-0.3, -0.25) is 0 Å². The molecule has 0 unspecified atom stereocenters. The van der Waals surface area contributed by atoms with E-state index in [1.165, 1.54) is 0 Å². The summed E-state index contributed by atoms with van der Waals surface area (Å²) in [6.45, 7) is 5.95. The molecule has 2 rings (SSSR count). The molecule has 0 fully saturated rings. The quantitative estimate of drug-likeness (QED) is 0.820. The van der Waals surface area contributed by atoms with Crippen molar-refractivity contribution >= 4 is 6.09 Å². The first-order valence-corrected chi connectivity index (χ1v) is 6.40. The van der Waals surface area contributed by atoms with E-state index in [4.69, 9.17) is 9.84 Å². The number of rotatable bonds is 2.